The van der Waals surface area contributed by atoms with Crippen molar-refractivity contribution in [1.82, 2.24) is 5.32 Å². The summed E-state index contributed by atoms with van der Waals surface area (Å²) >= 11 is 0. The highest BCUT2D eigenvalue weighted by Crippen LogP contribution is 2.26. The summed E-state index contributed by atoms with van der Waals surface area (Å²) in [5, 5.41) is 3.02. The first-order valence-corrected chi connectivity index (χ1v) is 9.61. The largest absolute Gasteiger partial charge is 0.352 e. The normalized spacial score (nSPS) is 13.5. The molecule has 0 atom stereocenters. The zero-order valence-electron chi connectivity index (χ0n) is 16.4. The molecular weight excluding hydrogens is 322 g/mol. The van der Waals surface area contributed by atoms with Gasteiger partial charge in [0.05, 0.1) is 6.10 Å². The van der Waals surface area contributed by atoms with Gasteiger partial charge in [-0.2, -0.15) is 0 Å². The van der Waals surface area contributed by atoms with Gasteiger partial charge in [0.15, 0.2) is 0 Å². The van der Waals surface area contributed by atoms with Gasteiger partial charge in [-0.3, -0.25) is 4.79 Å². The van der Waals surface area contributed by atoms with Crippen molar-refractivity contribution in [3.05, 3.63) is 71.3 Å². The number of nitrogens with one attached hydrogen (secondary N) is 1. The highest BCUT2D eigenvalue weighted by Gasteiger charge is 2.29. The molecule has 0 radical (unpaired) electrons. The van der Waals surface area contributed by atoms with Gasteiger partial charge in [0.1, 0.15) is 5.72 Å². The highest BCUT2D eigenvalue weighted by molar-refractivity contribution is 5.76. The summed E-state index contributed by atoms with van der Waals surface area (Å²) < 4.78 is 6.17. The molecule has 3 heteroatoms. The van der Waals surface area contributed by atoms with Crippen LogP contribution in [0.25, 0.3) is 0 Å². The Bertz CT molecular complexity index is 669. The van der Waals surface area contributed by atoms with E-state index in [2.05, 4.69) is 29.6 Å². The van der Waals surface area contributed by atoms with Crippen LogP contribution in [-0.4, -0.2) is 17.7 Å². The van der Waals surface area contributed by atoms with Gasteiger partial charge in [-0.05, 0) is 49.8 Å². The Morgan fingerprint density at radius 2 is 1.54 bits per heavy atom. The fraction of sp³-hybridized carbons (Fsp3) is 0.435. The molecule has 2 aromatic rings. The van der Waals surface area contributed by atoms with E-state index in [1.165, 1.54) is 16.7 Å². The van der Waals surface area contributed by atoms with Crippen molar-refractivity contribution in [2.24, 2.45) is 0 Å². The van der Waals surface area contributed by atoms with E-state index in [1.807, 2.05) is 58.0 Å². The Morgan fingerprint density at radius 3 is 2.12 bits per heavy atom. The van der Waals surface area contributed by atoms with Crippen LogP contribution in [0.2, 0.25) is 0 Å². The molecule has 0 aliphatic heterocycles. The number of rotatable bonds is 6. The van der Waals surface area contributed by atoms with Gasteiger partial charge in [0, 0.05) is 6.42 Å². The van der Waals surface area contributed by atoms with Crippen molar-refractivity contribution >= 4 is 5.91 Å². The van der Waals surface area contributed by atoms with Crippen molar-refractivity contribution < 1.29 is 9.53 Å². The Kier molecular flexibility index (Phi) is 7.40. The molecule has 26 heavy (non-hydrogen) atoms. The summed E-state index contributed by atoms with van der Waals surface area (Å²) in [6.45, 7) is 7.85. The Labute approximate surface area is 157 Å². The third kappa shape index (κ3) is 5.99. The Hall–Kier alpha value is -2.13. The van der Waals surface area contributed by atoms with E-state index >= 15 is 0 Å². The monoisotopic (exact) mass is 353 g/mol. The maximum absolute atomic E-state index is 12.2. The molecule has 3 rings (SSSR count). The average molecular weight is 354 g/mol. The van der Waals surface area contributed by atoms with E-state index in [9.17, 15) is 4.79 Å². The van der Waals surface area contributed by atoms with Crippen molar-refractivity contribution in [1.29, 1.82) is 0 Å². The minimum Gasteiger partial charge on any atom is -0.352 e. The van der Waals surface area contributed by atoms with Gasteiger partial charge in [-0.1, -0.05) is 68.4 Å². The maximum atomic E-state index is 12.2. The lowest BCUT2D eigenvalue weighted by molar-refractivity contribution is -0.136. The van der Waals surface area contributed by atoms with Crippen LogP contribution >= 0.6 is 0 Å². The molecule has 0 fully saturated rings. The number of carbonyl (C=O) groups excluding carboxylic acids is 1. The molecule has 140 valence electrons. The second-order valence-corrected chi connectivity index (χ2v) is 6.96. The van der Waals surface area contributed by atoms with Crippen LogP contribution in [-0.2, 0) is 28.8 Å². The fourth-order valence-corrected chi connectivity index (χ4v) is 3.35. The zero-order valence-corrected chi connectivity index (χ0v) is 16.4. The van der Waals surface area contributed by atoms with Crippen LogP contribution in [0.3, 0.4) is 0 Å². The number of carbonyl (C=O) groups is 1. The molecule has 2 aromatic carbocycles. The van der Waals surface area contributed by atoms with E-state index in [4.69, 9.17) is 4.74 Å². The standard InChI is InChI=1S/C21H25NO2.C2H6/c1-21(2,22-20(23)13-12-16-8-4-3-5-9-16)24-19-14-17-10-6-7-11-18(17)15-19;1-2/h3-11,19H,12-15H2,1-2H3,(H,22,23);1-2H3. The Balaban J connectivity index is 0.00000117. The van der Waals surface area contributed by atoms with Crippen LogP contribution < -0.4 is 5.32 Å². The number of amides is 1. The van der Waals surface area contributed by atoms with Crippen LogP contribution in [0.15, 0.2) is 54.6 Å². The summed E-state index contributed by atoms with van der Waals surface area (Å²) in [6, 6.07) is 18.5. The second kappa shape index (κ2) is 9.54. The molecule has 0 unspecified atom stereocenters. The van der Waals surface area contributed by atoms with Crippen LogP contribution in [0.1, 0.15) is 50.8 Å². The van der Waals surface area contributed by atoms with Crippen molar-refractivity contribution in [3.8, 4) is 0 Å². The van der Waals surface area contributed by atoms with E-state index in [1.54, 1.807) is 0 Å². The van der Waals surface area contributed by atoms with E-state index < -0.39 is 5.72 Å². The van der Waals surface area contributed by atoms with Crippen LogP contribution in [0, 0.1) is 0 Å². The molecule has 0 aromatic heterocycles. The van der Waals surface area contributed by atoms with Gasteiger partial charge in [-0.25, -0.2) is 0 Å². The molecule has 1 aliphatic carbocycles. The van der Waals surface area contributed by atoms with Gasteiger partial charge < -0.3 is 10.1 Å². The molecule has 0 spiro atoms. The topological polar surface area (TPSA) is 38.3 Å². The molecule has 1 aliphatic rings. The minimum absolute atomic E-state index is 0.0272. The predicted molar refractivity (Wildman–Crippen MR) is 107 cm³/mol. The smallest absolute Gasteiger partial charge is 0.222 e. The van der Waals surface area contributed by atoms with Gasteiger partial charge >= 0.3 is 0 Å². The van der Waals surface area contributed by atoms with Crippen molar-refractivity contribution in [2.45, 2.75) is 65.2 Å². The lowest BCUT2D eigenvalue weighted by Gasteiger charge is -2.30. The number of fused-ring (bicyclic) bond motifs is 1. The lowest BCUT2D eigenvalue weighted by atomic mass is 10.1. The number of ether oxygens (including phenoxy) is 1. The van der Waals surface area contributed by atoms with Gasteiger partial charge in [0.25, 0.3) is 0 Å². The molecule has 0 saturated heterocycles. The minimum atomic E-state index is -0.652. The van der Waals surface area contributed by atoms with Gasteiger partial charge in [-0.15, -0.1) is 0 Å². The predicted octanol–water partition coefficient (Wildman–Crippen LogP) is 4.68. The third-order valence-electron chi connectivity index (χ3n) is 4.40. The fourth-order valence-electron chi connectivity index (χ4n) is 3.35. The molecule has 3 nitrogen and oxygen atoms in total. The molecule has 0 bridgehead atoms. The van der Waals surface area contributed by atoms with Crippen molar-refractivity contribution in [2.75, 3.05) is 0 Å². The van der Waals surface area contributed by atoms with Crippen LogP contribution in [0.5, 0.6) is 0 Å². The summed E-state index contributed by atoms with van der Waals surface area (Å²) in [7, 11) is 0. The van der Waals surface area contributed by atoms with Gasteiger partial charge in [0.2, 0.25) is 5.91 Å². The molecule has 0 saturated carbocycles. The molecule has 1 N–H and O–H groups in total. The highest BCUT2D eigenvalue weighted by atomic mass is 16.5. The lowest BCUT2D eigenvalue weighted by Crippen LogP contribution is -2.48. The average Bonchev–Trinajstić information content (AvgIpc) is 3.03. The molecular formula is C23H31NO2. The van der Waals surface area contributed by atoms with E-state index in [-0.39, 0.29) is 12.0 Å². The first-order valence-electron chi connectivity index (χ1n) is 9.61. The summed E-state index contributed by atoms with van der Waals surface area (Å²) in [4.78, 5) is 12.2. The number of benzene rings is 2. The molecule has 1 amide bonds. The molecule has 0 heterocycles. The maximum Gasteiger partial charge on any atom is 0.222 e. The van der Waals surface area contributed by atoms with Crippen LogP contribution in [0.4, 0.5) is 0 Å². The van der Waals surface area contributed by atoms with Crippen molar-refractivity contribution in [3.63, 3.8) is 0 Å². The second-order valence-electron chi connectivity index (χ2n) is 6.96. The number of hydrogen-bond acceptors (Lipinski definition) is 2. The summed E-state index contributed by atoms with van der Waals surface area (Å²) in [5.41, 5.74) is 3.24. The third-order valence-corrected chi connectivity index (χ3v) is 4.40. The number of aryl methyl sites for hydroxylation is 1. The van der Waals surface area contributed by atoms with E-state index in [0.29, 0.717) is 6.42 Å². The quantitative estimate of drug-likeness (QED) is 0.766. The zero-order chi connectivity index (χ0) is 19.0. The summed E-state index contributed by atoms with van der Waals surface area (Å²) in [5.74, 6) is 0.0272. The number of hydrogen-bond donors (Lipinski definition) is 1. The SMILES string of the molecule is CC.CC(C)(NC(=O)CCc1ccccc1)OC1Cc2ccccc2C1. The van der Waals surface area contributed by atoms with E-state index in [0.717, 1.165) is 19.3 Å². The first kappa shape index (κ1) is 20.2. The Morgan fingerprint density at radius 1 is 1.00 bits per heavy atom. The summed E-state index contributed by atoms with van der Waals surface area (Å²) in [6.07, 6.45) is 3.19. The first-order chi connectivity index (χ1) is 12.5.